The lowest BCUT2D eigenvalue weighted by Gasteiger charge is -2.26. The van der Waals surface area contributed by atoms with Crippen molar-refractivity contribution in [2.24, 2.45) is 0 Å². The summed E-state index contributed by atoms with van der Waals surface area (Å²) in [6, 6.07) is 0. The van der Waals surface area contributed by atoms with Crippen LogP contribution in [0.25, 0.3) is 0 Å². The van der Waals surface area contributed by atoms with E-state index in [4.69, 9.17) is 9.05 Å². The fourth-order valence-electron chi connectivity index (χ4n) is 1.81. The van der Waals surface area contributed by atoms with Gasteiger partial charge in [-0.05, 0) is 39.7 Å². The Morgan fingerprint density at radius 2 is 1.94 bits per heavy atom. The minimum atomic E-state index is -3.27. The number of carbonyl (C=O) groups excluding carboxylic acids is 1. The van der Waals surface area contributed by atoms with Crippen LogP contribution in [-0.4, -0.2) is 24.7 Å². The van der Waals surface area contributed by atoms with E-state index < -0.39 is 13.3 Å². The van der Waals surface area contributed by atoms with Crippen LogP contribution in [0.4, 0.5) is 0 Å². The van der Waals surface area contributed by atoms with E-state index in [-0.39, 0.29) is 5.78 Å². The number of carbonyl (C=O) groups is 1. The second kappa shape index (κ2) is 5.76. The quantitative estimate of drug-likeness (QED) is 0.700. The number of hydrogen-bond acceptors (Lipinski definition) is 4. The molecular formula is C11H19O4P. The highest BCUT2D eigenvalue weighted by molar-refractivity contribution is 7.55. The molecule has 0 fully saturated rings. The molecule has 0 unspecified atom stereocenters. The number of rotatable bonds is 5. The molecule has 1 aliphatic carbocycles. The van der Waals surface area contributed by atoms with Gasteiger partial charge in [-0.1, -0.05) is 5.57 Å². The summed E-state index contributed by atoms with van der Waals surface area (Å²) in [4.78, 5) is 11.8. The van der Waals surface area contributed by atoms with Gasteiger partial charge in [0, 0.05) is 0 Å². The molecule has 0 aliphatic heterocycles. The summed E-state index contributed by atoms with van der Waals surface area (Å²) in [6.45, 7) is 5.99. The molecule has 0 aromatic carbocycles. The second-order valence-corrected chi connectivity index (χ2v) is 6.04. The zero-order valence-corrected chi connectivity index (χ0v) is 11.0. The van der Waals surface area contributed by atoms with Gasteiger partial charge in [-0.15, -0.1) is 0 Å². The SMILES string of the molecule is CCOP(=O)(OCC)[C@H]1CCC(C)=CC1=O. The highest BCUT2D eigenvalue weighted by Gasteiger charge is 2.40. The molecule has 1 aliphatic rings. The average molecular weight is 246 g/mol. The molecule has 0 heterocycles. The normalized spacial score (nSPS) is 22.1. The monoisotopic (exact) mass is 246 g/mol. The minimum Gasteiger partial charge on any atom is -0.308 e. The van der Waals surface area contributed by atoms with Crippen LogP contribution in [0.3, 0.4) is 0 Å². The van der Waals surface area contributed by atoms with Crippen LogP contribution in [0.5, 0.6) is 0 Å². The van der Waals surface area contributed by atoms with E-state index in [9.17, 15) is 9.36 Å². The van der Waals surface area contributed by atoms with E-state index in [1.54, 1.807) is 19.9 Å². The maximum Gasteiger partial charge on any atom is 0.341 e. The van der Waals surface area contributed by atoms with E-state index in [1.165, 1.54) is 0 Å². The van der Waals surface area contributed by atoms with Crippen molar-refractivity contribution in [1.82, 2.24) is 0 Å². The summed E-state index contributed by atoms with van der Waals surface area (Å²) >= 11 is 0. The molecule has 0 radical (unpaired) electrons. The van der Waals surface area contributed by atoms with Crippen molar-refractivity contribution < 1.29 is 18.4 Å². The lowest BCUT2D eigenvalue weighted by molar-refractivity contribution is -0.115. The van der Waals surface area contributed by atoms with Gasteiger partial charge in [0.2, 0.25) is 0 Å². The van der Waals surface area contributed by atoms with Crippen LogP contribution >= 0.6 is 7.60 Å². The second-order valence-electron chi connectivity index (χ2n) is 3.82. The molecule has 0 aromatic rings. The maximum absolute atomic E-state index is 12.4. The maximum atomic E-state index is 12.4. The lowest BCUT2D eigenvalue weighted by Crippen LogP contribution is -2.25. The summed E-state index contributed by atoms with van der Waals surface area (Å²) in [6.07, 6.45) is 2.89. The predicted molar refractivity (Wildman–Crippen MR) is 62.6 cm³/mol. The third kappa shape index (κ3) is 3.03. The van der Waals surface area contributed by atoms with Crippen LogP contribution in [-0.2, 0) is 18.4 Å². The highest BCUT2D eigenvalue weighted by Crippen LogP contribution is 2.55. The first-order valence-corrected chi connectivity index (χ1v) is 7.24. The highest BCUT2D eigenvalue weighted by atomic mass is 31.2. The Labute approximate surface area is 96.5 Å². The van der Waals surface area contributed by atoms with E-state index >= 15 is 0 Å². The molecule has 4 nitrogen and oxygen atoms in total. The third-order valence-corrected chi connectivity index (χ3v) is 5.04. The first-order chi connectivity index (χ1) is 7.53. The van der Waals surface area contributed by atoms with Crippen molar-refractivity contribution in [1.29, 1.82) is 0 Å². The molecule has 1 rings (SSSR count). The van der Waals surface area contributed by atoms with Gasteiger partial charge in [-0.2, -0.15) is 0 Å². The fourth-order valence-corrected chi connectivity index (χ4v) is 3.79. The predicted octanol–water partition coefficient (Wildman–Crippen LogP) is 2.93. The van der Waals surface area contributed by atoms with Crippen LogP contribution < -0.4 is 0 Å². The van der Waals surface area contributed by atoms with Gasteiger partial charge in [-0.3, -0.25) is 9.36 Å². The first-order valence-electron chi connectivity index (χ1n) is 5.63. The number of hydrogen-bond donors (Lipinski definition) is 0. The molecular weight excluding hydrogens is 227 g/mol. The molecule has 0 aromatic heterocycles. The molecule has 0 amide bonds. The zero-order chi connectivity index (χ0) is 12.2. The third-order valence-electron chi connectivity index (χ3n) is 2.53. The Bertz CT molecular complexity index is 325. The van der Waals surface area contributed by atoms with Crippen molar-refractivity contribution in [3.63, 3.8) is 0 Å². The standard InChI is InChI=1S/C11H19O4P/c1-4-14-16(13,15-5-2)11-7-6-9(3)8-10(11)12/h8,11H,4-7H2,1-3H3/t11-/m0/s1. The molecule has 0 saturated heterocycles. The first kappa shape index (κ1) is 13.6. The van der Waals surface area contributed by atoms with Gasteiger partial charge in [0.05, 0.1) is 13.2 Å². The summed E-state index contributed by atoms with van der Waals surface area (Å²) in [5, 5.41) is 0. The molecule has 0 bridgehead atoms. The van der Waals surface area contributed by atoms with Crippen LogP contribution in [0, 0.1) is 0 Å². The number of allylic oxidation sites excluding steroid dienone is 2. The van der Waals surface area contributed by atoms with Gasteiger partial charge in [0.25, 0.3) is 0 Å². The molecule has 0 spiro atoms. The van der Waals surface area contributed by atoms with E-state index in [2.05, 4.69) is 0 Å². The number of ketones is 1. The van der Waals surface area contributed by atoms with Crippen LogP contribution in [0.1, 0.15) is 33.6 Å². The average Bonchev–Trinajstić information content (AvgIpc) is 2.17. The van der Waals surface area contributed by atoms with Gasteiger partial charge < -0.3 is 9.05 Å². The summed E-state index contributed by atoms with van der Waals surface area (Å²) in [5.74, 6) is -0.131. The van der Waals surface area contributed by atoms with Crippen LogP contribution in [0.2, 0.25) is 0 Å². The minimum absolute atomic E-state index is 0.131. The smallest absolute Gasteiger partial charge is 0.308 e. The molecule has 1 atom stereocenters. The van der Waals surface area contributed by atoms with Crippen molar-refractivity contribution >= 4 is 13.4 Å². The Morgan fingerprint density at radius 1 is 1.38 bits per heavy atom. The van der Waals surface area contributed by atoms with Crippen molar-refractivity contribution in [3.05, 3.63) is 11.6 Å². The Balaban J connectivity index is 2.88. The summed E-state index contributed by atoms with van der Waals surface area (Å²) in [7, 11) is -3.27. The largest absolute Gasteiger partial charge is 0.341 e. The fraction of sp³-hybridized carbons (Fsp3) is 0.727. The Kier molecular flexibility index (Phi) is 4.90. The Morgan fingerprint density at radius 3 is 2.38 bits per heavy atom. The zero-order valence-electron chi connectivity index (χ0n) is 10.1. The van der Waals surface area contributed by atoms with Gasteiger partial charge in [0.1, 0.15) is 5.66 Å². The van der Waals surface area contributed by atoms with Crippen molar-refractivity contribution in [3.8, 4) is 0 Å². The lowest BCUT2D eigenvalue weighted by atomic mass is 10.00. The molecule has 92 valence electrons. The summed E-state index contributed by atoms with van der Waals surface area (Å²) in [5.41, 5.74) is 0.414. The Hall–Kier alpha value is -0.440. The van der Waals surface area contributed by atoms with Crippen molar-refractivity contribution in [2.45, 2.75) is 39.3 Å². The molecule has 0 N–H and O–H groups in total. The molecule has 0 saturated carbocycles. The van der Waals surface area contributed by atoms with Gasteiger partial charge in [-0.25, -0.2) is 0 Å². The van der Waals surface area contributed by atoms with Gasteiger partial charge >= 0.3 is 7.60 Å². The molecule has 16 heavy (non-hydrogen) atoms. The summed E-state index contributed by atoms with van der Waals surface area (Å²) < 4.78 is 22.8. The van der Waals surface area contributed by atoms with E-state index in [1.807, 2.05) is 6.92 Å². The topological polar surface area (TPSA) is 52.6 Å². The van der Waals surface area contributed by atoms with Crippen LogP contribution in [0.15, 0.2) is 11.6 Å². The van der Waals surface area contributed by atoms with Gasteiger partial charge in [0.15, 0.2) is 5.78 Å². The van der Waals surface area contributed by atoms with E-state index in [0.717, 1.165) is 12.0 Å². The molecule has 5 heteroatoms. The van der Waals surface area contributed by atoms with Crippen molar-refractivity contribution in [2.75, 3.05) is 13.2 Å². The van der Waals surface area contributed by atoms with E-state index in [0.29, 0.717) is 19.6 Å².